The Morgan fingerprint density at radius 1 is 1.05 bits per heavy atom. The third-order valence-corrected chi connectivity index (χ3v) is 3.75. The summed E-state index contributed by atoms with van der Waals surface area (Å²) in [7, 11) is 3.30. The van der Waals surface area contributed by atoms with Crippen molar-refractivity contribution in [2.24, 2.45) is 0 Å². The topological polar surface area (TPSA) is 35.5 Å². The van der Waals surface area contributed by atoms with Gasteiger partial charge in [0.25, 0.3) is 0 Å². The lowest BCUT2D eigenvalue weighted by Gasteiger charge is -2.20. The molecule has 0 saturated heterocycles. The third-order valence-electron chi connectivity index (χ3n) is 3.75. The number of ether oxygens (including phenoxy) is 2. The summed E-state index contributed by atoms with van der Waals surface area (Å²) < 4.78 is 11.0. The molecule has 3 nitrogen and oxygen atoms in total. The first kappa shape index (κ1) is 12.0. The van der Waals surface area contributed by atoms with Crippen molar-refractivity contribution in [2.75, 3.05) is 14.2 Å². The van der Waals surface area contributed by atoms with Gasteiger partial charge in [-0.2, -0.15) is 0 Å². The summed E-state index contributed by atoms with van der Waals surface area (Å²) in [5, 5.41) is 1.95. The van der Waals surface area contributed by atoms with Gasteiger partial charge in [-0.05, 0) is 25.0 Å². The van der Waals surface area contributed by atoms with Crippen molar-refractivity contribution in [3.8, 4) is 11.5 Å². The summed E-state index contributed by atoms with van der Waals surface area (Å²) in [6.07, 6.45) is 2.42. The molecule has 0 aromatic heterocycles. The first-order valence-corrected chi connectivity index (χ1v) is 6.46. The molecule has 0 N–H and O–H groups in total. The van der Waals surface area contributed by atoms with Crippen LogP contribution in [0, 0.1) is 0 Å². The highest BCUT2D eigenvalue weighted by molar-refractivity contribution is 6.06. The normalized spacial score (nSPS) is 14.3. The van der Waals surface area contributed by atoms with Crippen molar-refractivity contribution in [2.45, 2.75) is 19.3 Å². The lowest BCUT2D eigenvalue weighted by molar-refractivity contribution is 0.0972. The van der Waals surface area contributed by atoms with Crippen LogP contribution in [0.2, 0.25) is 0 Å². The van der Waals surface area contributed by atoms with Gasteiger partial charge in [0.05, 0.1) is 14.2 Å². The lowest BCUT2D eigenvalue weighted by atomic mass is 9.87. The van der Waals surface area contributed by atoms with Gasteiger partial charge in [-0.3, -0.25) is 4.79 Å². The summed E-state index contributed by atoms with van der Waals surface area (Å²) in [4.78, 5) is 12.1. The molecule has 3 heteroatoms. The molecule has 0 amide bonds. The number of benzene rings is 2. The summed E-state index contributed by atoms with van der Waals surface area (Å²) in [5.41, 5.74) is 1.83. The standard InChI is InChI=1S/C16H16O3/c1-18-15-8-4-6-11-13(15)9-12-10(16(11)19-2)5-3-7-14(12)17/h4,6,8-9H,3,5,7H2,1-2H3. The quantitative estimate of drug-likeness (QED) is 0.826. The highest BCUT2D eigenvalue weighted by atomic mass is 16.5. The van der Waals surface area contributed by atoms with Crippen molar-refractivity contribution in [1.82, 2.24) is 0 Å². The van der Waals surface area contributed by atoms with E-state index in [1.54, 1.807) is 14.2 Å². The van der Waals surface area contributed by atoms with Crippen LogP contribution in [0.3, 0.4) is 0 Å². The number of rotatable bonds is 2. The molecule has 0 bridgehead atoms. The number of ketones is 1. The van der Waals surface area contributed by atoms with Gasteiger partial charge in [-0.15, -0.1) is 0 Å². The number of Topliss-reactive ketones (excluding diaryl/α,β-unsaturated/α-hetero) is 1. The second-order valence-electron chi connectivity index (χ2n) is 4.77. The Bertz CT molecular complexity index is 659. The van der Waals surface area contributed by atoms with Crippen LogP contribution in [-0.2, 0) is 6.42 Å². The van der Waals surface area contributed by atoms with Crippen LogP contribution in [0.4, 0.5) is 0 Å². The maximum Gasteiger partial charge on any atom is 0.163 e. The van der Waals surface area contributed by atoms with Gasteiger partial charge in [-0.25, -0.2) is 0 Å². The van der Waals surface area contributed by atoms with Crippen LogP contribution in [0.15, 0.2) is 24.3 Å². The minimum atomic E-state index is 0.201. The Balaban J connectivity index is 2.41. The smallest absolute Gasteiger partial charge is 0.163 e. The summed E-state index contributed by atoms with van der Waals surface area (Å²) in [6.45, 7) is 0. The van der Waals surface area contributed by atoms with Gasteiger partial charge in [-0.1, -0.05) is 12.1 Å². The molecule has 0 radical (unpaired) electrons. The van der Waals surface area contributed by atoms with E-state index in [-0.39, 0.29) is 5.78 Å². The predicted octanol–water partition coefficient (Wildman–Crippen LogP) is 3.38. The number of hydrogen-bond donors (Lipinski definition) is 0. The van der Waals surface area contributed by atoms with Crippen molar-refractivity contribution in [3.63, 3.8) is 0 Å². The third kappa shape index (κ3) is 1.77. The Kier molecular flexibility index (Phi) is 2.90. The van der Waals surface area contributed by atoms with E-state index in [2.05, 4.69) is 0 Å². The minimum Gasteiger partial charge on any atom is -0.496 e. The molecule has 2 aromatic carbocycles. The molecule has 19 heavy (non-hydrogen) atoms. The van der Waals surface area contributed by atoms with E-state index >= 15 is 0 Å². The average Bonchev–Trinajstić information content (AvgIpc) is 2.45. The van der Waals surface area contributed by atoms with Crippen molar-refractivity contribution in [3.05, 3.63) is 35.4 Å². The van der Waals surface area contributed by atoms with E-state index in [1.807, 2.05) is 24.3 Å². The molecule has 0 fully saturated rings. The van der Waals surface area contributed by atoms with Gasteiger partial charge in [0, 0.05) is 28.3 Å². The molecule has 0 saturated carbocycles. The first-order chi connectivity index (χ1) is 9.26. The fourth-order valence-corrected chi connectivity index (χ4v) is 2.88. The molecular weight excluding hydrogens is 240 g/mol. The van der Waals surface area contributed by atoms with Crippen LogP contribution in [0.25, 0.3) is 10.8 Å². The summed E-state index contributed by atoms with van der Waals surface area (Å²) >= 11 is 0. The average molecular weight is 256 g/mol. The SMILES string of the molecule is COc1cccc2c(OC)c3c(cc12)C(=O)CCC3. The van der Waals surface area contributed by atoms with Crippen LogP contribution in [-0.4, -0.2) is 20.0 Å². The fraction of sp³-hybridized carbons (Fsp3) is 0.312. The van der Waals surface area contributed by atoms with E-state index in [4.69, 9.17) is 9.47 Å². The molecule has 0 spiro atoms. The van der Waals surface area contributed by atoms with Gasteiger partial charge in [0.2, 0.25) is 0 Å². The Hall–Kier alpha value is -2.03. The molecule has 98 valence electrons. The maximum atomic E-state index is 12.1. The summed E-state index contributed by atoms with van der Waals surface area (Å²) in [5.74, 6) is 1.80. The zero-order valence-electron chi connectivity index (χ0n) is 11.2. The number of methoxy groups -OCH3 is 2. The summed E-state index contributed by atoms with van der Waals surface area (Å²) in [6, 6.07) is 7.81. The van der Waals surface area contributed by atoms with Crippen molar-refractivity contribution in [1.29, 1.82) is 0 Å². The van der Waals surface area contributed by atoms with Crippen LogP contribution >= 0.6 is 0 Å². The van der Waals surface area contributed by atoms with Crippen LogP contribution in [0.1, 0.15) is 28.8 Å². The van der Waals surface area contributed by atoms with Gasteiger partial charge in [0.15, 0.2) is 5.78 Å². The largest absolute Gasteiger partial charge is 0.496 e. The highest BCUT2D eigenvalue weighted by Gasteiger charge is 2.23. The van der Waals surface area contributed by atoms with E-state index in [0.29, 0.717) is 6.42 Å². The second-order valence-corrected chi connectivity index (χ2v) is 4.77. The highest BCUT2D eigenvalue weighted by Crippen LogP contribution is 2.39. The molecule has 0 unspecified atom stereocenters. The van der Waals surface area contributed by atoms with Gasteiger partial charge >= 0.3 is 0 Å². The number of hydrogen-bond acceptors (Lipinski definition) is 3. The zero-order valence-corrected chi connectivity index (χ0v) is 11.2. The number of carbonyl (C=O) groups excluding carboxylic acids is 1. The Morgan fingerprint density at radius 2 is 1.89 bits per heavy atom. The monoisotopic (exact) mass is 256 g/mol. The first-order valence-electron chi connectivity index (χ1n) is 6.46. The molecule has 1 aliphatic rings. The van der Waals surface area contributed by atoms with Crippen molar-refractivity contribution < 1.29 is 14.3 Å². The van der Waals surface area contributed by atoms with E-state index in [1.165, 1.54) is 0 Å². The molecule has 2 aromatic rings. The van der Waals surface area contributed by atoms with Crippen molar-refractivity contribution >= 4 is 16.6 Å². The lowest BCUT2D eigenvalue weighted by Crippen LogP contribution is -2.12. The van der Waals surface area contributed by atoms with Gasteiger partial charge < -0.3 is 9.47 Å². The van der Waals surface area contributed by atoms with Crippen LogP contribution in [0.5, 0.6) is 11.5 Å². The molecule has 0 aliphatic heterocycles. The van der Waals surface area contributed by atoms with E-state index in [9.17, 15) is 4.79 Å². The minimum absolute atomic E-state index is 0.201. The number of fused-ring (bicyclic) bond motifs is 2. The molecule has 0 atom stereocenters. The van der Waals surface area contributed by atoms with E-state index in [0.717, 1.165) is 46.2 Å². The number of carbonyl (C=O) groups is 1. The van der Waals surface area contributed by atoms with Gasteiger partial charge in [0.1, 0.15) is 11.5 Å². The molecule has 1 aliphatic carbocycles. The molecule has 3 rings (SSSR count). The van der Waals surface area contributed by atoms with E-state index < -0.39 is 0 Å². The predicted molar refractivity (Wildman–Crippen MR) is 74.3 cm³/mol. The fourth-order valence-electron chi connectivity index (χ4n) is 2.88. The zero-order chi connectivity index (χ0) is 13.4. The molecular formula is C16H16O3. The molecule has 0 heterocycles. The van der Waals surface area contributed by atoms with Crippen LogP contribution < -0.4 is 9.47 Å². The second kappa shape index (κ2) is 4.57. The Morgan fingerprint density at radius 3 is 2.63 bits per heavy atom. The Labute approximate surface area is 112 Å². The maximum absolute atomic E-state index is 12.1.